The molecular weight excluding hydrogens is 484 g/mol. The van der Waals surface area contributed by atoms with Crippen molar-refractivity contribution in [3.05, 3.63) is 59.0 Å². The number of rotatable bonds is 7. The van der Waals surface area contributed by atoms with Gasteiger partial charge in [-0.25, -0.2) is 9.50 Å². The van der Waals surface area contributed by atoms with E-state index >= 15 is 0 Å². The zero-order valence-corrected chi connectivity index (χ0v) is 21.0. The van der Waals surface area contributed by atoms with Gasteiger partial charge in [0.1, 0.15) is 17.1 Å². The second kappa shape index (κ2) is 6.43. The average molecular weight is 511 g/mol. The van der Waals surface area contributed by atoms with Gasteiger partial charge < -0.3 is 20.3 Å². The lowest BCUT2D eigenvalue weighted by Crippen LogP contribution is -3.15. The summed E-state index contributed by atoms with van der Waals surface area (Å²) in [6.45, 7) is 0.967. The maximum Gasteiger partial charge on any atom is 0.315 e. The summed E-state index contributed by atoms with van der Waals surface area (Å²) in [5.41, 5.74) is 3.38. The topological polar surface area (TPSA) is 118 Å². The zero-order chi connectivity index (χ0) is 25.7. The van der Waals surface area contributed by atoms with Crippen LogP contribution in [0.15, 0.2) is 36.5 Å². The molecule has 0 radical (unpaired) electrons. The fraction of sp³-hybridized carbons (Fsp3) is 0.464. The van der Waals surface area contributed by atoms with E-state index < -0.39 is 0 Å². The summed E-state index contributed by atoms with van der Waals surface area (Å²) in [6.07, 6.45) is 1.81. The summed E-state index contributed by atoms with van der Waals surface area (Å²) >= 11 is 0. The van der Waals surface area contributed by atoms with E-state index in [9.17, 15) is 14.4 Å². The predicted octanol–water partition coefficient (Wildman–Crippen LogP) is 0.903. The molecular formula is C28H26N6O4. The van der Waals surface area contributed by atoms with Crippen LogP contribution in [0.4, 0.5) is 0 Å². The van der Waals surface area contributed by atoms with Gasteiger partial charge in [-0.2, -0.15) is 5.10 Å². The molecule has 2 amide bonds. The Morgan fingerprint density at radius 1 is 1.05 bits per heavy atom. The van der Waals surface area contributed by atoms with Crippen molar-refractivity contribution in [1.29, 1.82) is 0 Å². The molecule has 6 saturated carbocycles. The van der Waals surface area contributed by atoms with Crippen LogP contribution in [-0.2, 0) is 17.8 Å². The number of benzene rings is 1. The number of ether oxygens (including phenoxy) is 1. The van der Waals surface area contributed by atoms with Crippen LogP contribution < -0.4 is 15.4 Å². The summed E-state index contributed by atoms with van der Waals surface area (Å²) in [7, 11) is 4.45. The van der Waals surface area contributed by atoms with Gasteiger partial charge >= 0.3 is 5.97 Å². The molecule has 192 valence electrons. The molecule has 2 N–H and O–H groups in total. The fourth-order valence-corrected chi connectivity index (χ4v) is 10.0. The molecule has 0 saturated heterocycles. The molecule has 3 heterocycles. The summed E-state index contributed by atoms with van der Waals surface area (Å²) in [5, 5.41) is 10.3. The molecule has 1 aliphatic heterocycles. The Labute approximate surface area is 217 Å². The van der Waals surface area contributed by atoms with Gasteiger partial charge in [-0.05, 0) is 72.7 Å². The lowest BCUT2D eigenvalue weighted by Gasteiger charge is -3.12. The lowest BCUT2D eigenvalue weighted by atomic mass is 8.94. The van der Waals surface area contributed by atoms with E-state index in [0.29, 0.717) is 34.6 Å². The molecule has 38 heavy (non-hydrogen) atoms. The van der Waals surface area contributed by atoms with Crippen molar-refractivity contribution >= 4 is 23.4 Å². The average Bonchev–Trinajstić information content (AvgIpc) is 3.54. The second-order valence-electron chi connectivity index (χ2n) is 12.1. The molecule has 0 spiro atoms. The highest BCUT2D eigenvalue weighted by Crippen LogP contribution is 3.07. The minimum Gasteiger partial charge on any atom is -0.426 e. The molecule has 3 aromatic rings. The largest absolute Gasteiger partial charge is 0.426 e. The van der Waals surface area contributed by atoms with Crippen molar-refractivity contribution in [2.24, 2.45) is 40.9 Å². The second-order valence-corrected chi connectivity index (χ2v) is 12.1. The van der Waals surface area contributed by atoms with Crippen LogP contribution in [0, 0.1) is 40.9 Å². The lowest BCUT2D eigenvalue weighted by molar-refractivity contribution is -0.639. The molecule has 0 unspecified atom stereocenters. The highest BCUT2D eigenvalue weighted by molar-refractivity contribution is 5.98. The molecule has 2 aromatic heterocycles. The third-order valence-corrected chi connectivity index (χ3v) is 11.1. The van der Waals surface area contributed by atoms with E-state index in [4.69, 9.17) is 4.74 Å². The summed E-state index contributed by atoms with van der Waals surface area (Å²) < 4.78 is 6.62. The van der Waals surface area contributed by atoms with Crippen molar-refractivity contribution in [2.45, 2.75) is 18.5 Å². The number of carbonyl (C=O) groups excluding carboxylic acids is 3. The number of nitrogens with zero attached hydrogens (tertiary/aromatic N) is 4. The van der Waals surface area contributed by atoms with Gasteiger partial charge in [0.05, 0.1) is 12.6 Å². The Balaban J connectivity index is 0.908. The number of esters is 1. The zero-order valence-electron chi connectivity index (χ0n) is 21.0. The van der Waals surface area contributed by atoms with Crippen LogP contribution in [0.5, 0.6) is 5.75 Å². The fourth-order valence-electron chi connectivity index (χ4n) is 10.0. The van der Waals surface area contributed by atoms with Crippen LogP contribution in [0.2, 0.25) is 0 Å². The first-order chi connectivity index (χ1) is 18.4. The normalized spacial score (nSPS) is 37.2. The number of hydrogen-bond acceptors (Lipinski definition) is 7. The number of hydrogen-bond donors (Lipinski definition) is 2. The van der Waals surface area contributed by atoms with Crippen LogP contribution in [0.1, 0.15) is 32.1 Å². The molecule has 10 nitrogen and oxygen atoms in total. The first-order valence-corrected chi connectivity index (χ1v) is 13.3. The molecule has 6 aliphatic carbocycles. The Bertz CT molecular complexity index is 1590. The Morgan fingerprint density at radius 3 is 2.55 bits per heavy atom. The van der Waals surface area contributed by atoms with Crippen molar-refractivity contribution in [1.82, 2.24) is 30.1 Å². The maximum atomic E-state index is 13.4. The van der Waals surface area contributed by atoms with Gasteiger partial charge in [0, 0.05) is 36.3 Å². The van der Waals surface area contributed by atoms with Gasteiger partial charge in [-0.15, -0.1) is 0 Å². The van der Waals surface area contributed by atoms with Crippen molar-refractivity contribution in [3.8, 4) is 5.75 Å². The minimum absolute atomic E-state index is 0.159. The van der Waals surface area contributed by atoms with Crippen LogP contribution in [-0.4, -0.2) is 63.5 Å². The Hall–Kier alpha value is -3.79. The molecule has 7 aliphatic rings. The van der Waals surface area contributed by atoms with E-state index in [-0.39, 0.29) is 36.4 Å². The third-order valence-electron chi connectivity index (χ3n) is 11.1. The minimum atomic E-state index is -0.383. The van der Waals surface area contributed by atoms with E-state index in [2.05, 4.69) is 39.7 Å². The SMILES string of the molecule is CN(C)C12C3C4C1C1C2C3C41CNC(=O)c1cc(C(=O)NCc2ccc3c(c2)CC(=O)O3)nc2ccnn12. The van der Waals surface area contributed by atoms with Crippen molar-refractivity contribution in [3.63, 3.8) is 0 Å². The van der Waals surface area contributed by atoms with Gasteiger partial charge in [-0.1, -0.05) is 6.07 Å². The van der Waals surface area contributed by atoms with E-state index in [1.807, 2.05) is 12.1 Å². The number of carbonyl (C=O) groups is 3. The van der Waals surface area contributed by atoms with E-state index in [1.165, 1.54) is 10.6 Å². The van der Waals surface area contributed by atoms with Crippen LogP contribution in [0.3, 0.4) is 0 Å². The monoisotopic (exact) mass is 510 g/mol. The van der Waals surface area contributed by atoms with Gasteiger partial charge in [-0.3, -0.25) is 14.4 Å². The predicted molar refractivity (Wildman–Crippen MR) is 132 cm³/mol. The van der Waals surface area contributed by atoms with Gasteiger partial charge in [0.25, 0.3) is 11.8 Å². The van der Waals surface area contributed by atoms with Gasteiger partial charge in [0.2, 0.25) is 0 Å². The third kappa shape index (κ3) is 2.03. The highest BCUT2D eigenvalue weighted by atomic mass is 16.5. The first-order valence-electron chi connectivity index (χ1n) is 13.3. The van der Waals surface area contributed by atoms with Crippen LogP contribution in [0.25, 0.3) is 5.65 Å². The maximum absolute atomic E-state index is 13.4. The number of nitrogens with one attached hydrogen (secondary N) is 2. The van der Waals surface area contributed by atoms with Crippen LogP contribution >= 0.6 is 0 Å². The molecule has 6 fully saturated rings. The summed E-state index contributed by atoms with van der Waals surface area (Å²) in [4.78, 5) is 44.8. The Morgan fingerprint density at radius 2 is 1.82 bits per heavy atom. The Kier molecular flexibility index (Phi) is 3.58. The van der Waals surface area contributed by atoms with Crippen molar-refractivity contribution < 1.29 is 19.1 Å². The van der Waals surface area contributed by atoms with E-state index in [0.717, 1.165) is 46.6 Å². The molecule has 10 heteroatoms. The quantitative estimate of drug-likeness (QED) is 0.358. The molecule has 1 aromatic carbocycles. The molecule has 10 rings (SSSR count). The first kappa shape index (κ1) is 21.2. The van der Waals surface area contributed by atoms with E-state index in [1.54, 1.807) is 18.3 Å². The molecule has 0 bridgehead atoms. The number of fused-ring (bicyclic) bond motifs is 2. The van der Waals surface area contributed by atoms with Crippen molar-refractivity contribution in [2.75, 3.05) is 20.6 Å². The molecule has 0 atom stereocenters. The highest BCUT2D eigenvalue weighted by Gasteiger charge is 3.09. The smallest absolute Gasteiger partial charge is 0.315 e. The standard InChI is InChI=1S/C28H26N6O4/c1-33(2)28-22-19-23(28)21-24(28)20(22)27(19,21)11-30-26(37)15-9-14(32-17-5-6-31-34(15)17)25(36)29-10-12-3-4-16-13(7-12)8-18(35)38-16/h3-7,9,19-24H,8,10-11H2,1-2H3,(H,29,36)(H,30,37). The summed E-state index contributed by atoms with van der Waals surface area (Å²) in [6, 6.07) is 8.61. The van der Waals surface area contributed by atoms with Gasteiger partial charge in [0.15, 0.2) is 5.65 Å². The number of amides is 2. The number of aromatic nitrogens is 3. The summed E-state index contributed by atoms with van der Waals surface area (Å²) in [5.74, 6) is 4.51.